The molecular formula is C14H13ClFN. The standard InChI is InChI=1S/C14H13ClFN/c15-13-8-12(6-7-14(13)16)10-17-9-11-4-2-1-3-5-11/h1-8,17H,9-10H2. The minimum absolute atomic E-state index is 0.170. The summed E-state index contributed by atoms with van der Waals surface area (Å²) < 4.78 is 12.9. The zero-order valence-electron chi connectivity index (χ0n) is 9.29. The summed E-state index contributed by atoms with van der Waals surface area (Å²) in [5, 5.41) is 3.45. The lowest BCUT2D eigenvalue weighted by molar-refractivity contribution is 0.625. The maximum atomic E-state index is 12.9. The van der Waals surface area contributed by atoms with E-state index in [4.69, 9.17) is 11.6 Å². The first-order valence-corrected chi connectivity index (χ1v) is 5.82. The van der Waals surface area contributed by atoms with E-state index in [0.717, 1.165) is 12.1 Å². The topological polar surface area (TPSA) is 12.0 Å². The number of nitrogens with one attached hydrogen (secondary N) is 1. The molecule has 0 unspecified atom stereocenters. The van der Waals surface area contributed by atoms with Gasteiger partial charge in [-0.1, -0.05) is 48.0 Å². The molecule has 1 nitrogen and oxygen atoms in total. The van der Waals surface area contributed by atoms with E-state index in [0.29, 0.717) is 6.54 Å². The van der Waals surface area contributed by atoms with Crippen LogP contribution in [0.15, 0.2) is 48.5 Å². The van der Waals surface area contributed by atoms with Gasteiger partial charge in [-0.2, -0.15) is 0 Å². The molecule has 0 saturated heterocycles. The summed E-state index contributed by atoms with van der Waals surface area (Å²) in [7, 11) is 0. The van der Waals surface area contributed by atoms with Crippen LogP contribution >= 0.6 is 11.6 Å². The highest BCUT2D eigenvalue weighted by atomic mass is 35.5. The molecular weight excluding hydrogens is 237 g/mol. The summed E-state index contributed by atoms with van der Waals surface area (Å²) >= 11 is 5.71. The van der Waals surface area contributed by atoms with Crippen molar-refractivity contribution in [2.45, 2.75) is 13.1 Å². The Labute approximate surface area is 105 Å². The normalized spacial score (nSPS) is 10.5. The minimum atomic E-state index is -0.376. The van der Waals surface area contributed by atoms with Gasteiger partial charge >= 0.3 is 0 Å². The fraction of sp³-hybridized carbons (Fsp3) is 0.143. The van der Waals surface area contributed by atoms with Crippen LogP contribution in [0.2, 0.25) is 5.02 Å². The fourth-order valence-electron chi connectivity index (χ4n) is 1.60. The predicted molar refractivity (Wildman–Crippen MR) is 68.4 cm³/mol. The van der Waals surface area contributed by atoms with Gasteiger partial charge in [-0.05, 0) is 23.3 Å². The molecule has 17 heavy (non-hydrogen) atoms. The van der Waals surface area contributed by atoms with Gasteiger partial charge in [0.25, 0.3) is 0 Å². The third kappa shape index (κ3) is 3.55. The Hall–Kier alpha value is -1.38. The second-order valence-corrected chi connectivity index (χ2v) is 4.24. The van der Waals surface area contributed by atoms with Crippen molar-refractivity contribution in [1.29, 1.82) is 0 Å². The van der Waals surface area contributed by atoms with Crippen molar-refractivity contribution in [3.8, 4) is 0 Å². The van der Waals surface area contributed by atoms with Crippen LogP contribution in [0.5, 0.6) is 0 Å². The first-order chi connectivity index (χ1) is 8.25. The molecule has 3 heteroatoms. The van der Waals surface area contributed by atoms with E-state index in [1.165, 1.54) is 11.6 Å². The lowest BCUT2D eigenvalue weighted by Gasteiger charge is -2.05. The molecule has 2 aromatic carbocycles. The first-order valence-electron chi connectivity index (χ1n) is 5.44. The average Bonchev–Trinajstić information content (AvgIpc) is 2.35. The van der Waals surface area contributed by atoms with Gasteiger partial charge in [-0.15, -0.1) is 0 Å². The van der Waals surface area contributed by atoms with E-state index < -0.39 is 0 Å². The highest BCUT2D eigenvalue weighted by Gasteiger charge is 2.00. The van der Waals surface area contributed by atoms with Crippen molar-refractivity contribution in [3.05, 3.63) is 70.5 Å². The first kappa shape index (κ1) is 12.1. The van der Waals surface area contributed by atoms with Gasteiger partial charge in [-0.3, -0.25) is 0 Å². The molecule has 88 valence electrons. The fourth-order valence-corrected chi connectivity index (χ4v) is 1.80. The molecule has 2 rings (SSSR count). The average molecular weight is 250 g/mol. The van der Waals surface area contributed by atoms with Crippen LogP contribution in [0.1, 0.15) is 11.1 Å². The Morgan fingerprint density at radius 1 is 0.941 bits per heavy atom. The highest BCUT2D eigenvalue weighted by molar-refractivity contribution is 6.30. The Morgan fingerprint density at radius 2 is 1.65 bits per heavy atom. The zero-order chi connectivity index (χ0) is 12.1. The van der Waals surface area contributed by atoms with Gasteiger partial charge in [0.05, 0.1) is 5.02 Å². The van der Waals surface area contributed by atoms with E-state index in [1.807, 2.05) is 18.2 Å². The van der Waals surface area contributed by atoms with Gasteiger partial charge in [0.2, 0.25) is 0 Å². The summed E-state index contributed by atoms with van der Waals surface area (Å²) in [5.41, 5.74) is 2.20. The molecule has 0 spiro atoms. The van der Waals surface area contributed by atoms with Crippen LogP contribution in [0, 0.1) is 5.82 Å². The van der Waals surface area contributed by atoms with E-state index >= 15 is 0 Å². The van der Waals surface area contributed by atoms with Crippen molar-refractivity contribution >= 4 is 11.6 Å². The number of rotatable bonds is 4. The van der Waals surface area contributed by atoms with Gasteiger partial charge in [-0.25, -0.2) is 4.39 Å². The molecule has 0 fully saturated rings. The smallest absolute Gasteiger partial charge is 0.141 e. The maximum Gasteiger partial charge on any atom is 0.141 e. The van der Waals surface area contributed by atoms with Crippen LogP contribution in [-0.2, 0) is 13.1 Å². The second-order valence-electron chi connectivity index (χ2n) is 3.84. The highest BCUT2D eigenvalue weighted by Crippen LogP contribution is 2.15. The predicted octanol–water partition coefficient (Wildman–Crippen LogP) is 3.77. The van der Waals surface area contributed by atoms with E-state index in [9.17, 15) is 4.39 Å². The summed E-state index contributed by atoms with van der Waals surface area (Å²) in [5.74, 6) is -0.376. The van der Waals surface area contributed by atoms with Gasteiger partial charge in [0.15, 0.2) is 0 Å². The van der Waals surface area contributed by atoms with E-state index in [-0.39, 0.29) is 10.8 Å². The Balaban J connectivity index is 1.88. The number of halogens is 2. The quantitative estimate of drug-likeness (QED) is 0.870. The number of benzene rings is 2. The lowest BCUT2D eigenvalue weighted by Crippen LogP contribution is -2.12. The van der Waals surface area contributed by atoms with Crippen LogP contribution in [0.3, 0.4) is 0 Å². The molecule has 0 aliphatic rings. The van der Waals surface area contributed by atoms with Crippen molar-refractivity contribution in [1.82, 2.24) is 5.32 Å². The summed E-state index contributed by atoms with van der Waals surface area (Å²) in [6.45, 7) is 1.46. The molecule has 0 radical (unpaired) electrons. The summed E-state index contributed by atoms with van der Waals surface area (Å²) in [6, 6.07) is 14.9. The molecule has 0 atom stereocenters. The van der Waals surface area contributed by atoms with Gasteiger partial charge in [0.1, 0.15) is 5.82 Å². The second kappa shape index (κ2) is 5.80. The van der Waals surface area contributed by atoms with Crippen LogP contribution < -0.4 is 5.32 Å². The van der Waals surface area contributed by atoms with Crippen molar-refractivity contribution < 1.29 is 4.39 Å². The molecule has 0 aliphatic heterocycles. The van der Waals surface area contributed by atoms with Gasteiger partial charge < -0.3 is 5.32 Å². The lowest BCUT2D eigenvalue weighted by atomic mass is 10.2. The van der Waals surface area contributed by atoms with Crippen LogP contribution in [0.25, 0.3) is 0 Å². The summed E-state index contributed by atoms with van der Waals surface area (Å²) in [6.07, 6.45) is 0. The molecule has 2 aromatic rings. The molecule has 0 aromatic heterocycles. The molecule has 1 N–H and O–H groups in total. The maximum absolute atomic E-state index is 12.9. The Kier molecular flexibility index (Phi) is 4.13. The van der Waals surface area contributed by atoms with E-state index in [2.05, 4.69) is 17.4 Å². The number of hydrogen-bond donors (Lipinski definition) is 1. The Morgan fingerprint density at radius 3 is 2.35 bits per heavy atom. The molecule has 0 heterocycles. The molecule has 0 bridgehead atoms. The molecule has 0 aliphatic carbocycles. The third-order valence-corrected chi connectivity index (χ3v) is 2.77. The van der Waals surface area contributed by atoms with E-state index in [1.54, 1.807) is 12.1 Å². The minimum Gasteiger partial charge on any atom is -0.309 e. The largest absolute Gasteiger partial charge is 0.309 e. The Bertz CT molecular complexity index is 485. The molecule has 0 saturated carbocycles. The number of hydrogen-bond acceptors (Lipinski definition) is 1. The van der Waals surface area contributed by atoms with Crippen LogP contribution in [0.4, 0.5) is 4.39 Å². The zero-order valence-corrected chi connectivity index (χ0v) is 10.0. The monoisotopic (exact) mass is 249 g/mol. The van der Waals surface area contributed by atoms with Crippen molar-refractivity contribution in [2.75, 3.05) is 0 Å². The van der Waals surface area contributed by atoms with Crippen LogP contribution in [-0.4, -0.2) is 0 Å². The SMILES string of the molecule is Fc1ccc(CNCc2ccccc2)cc1Cl. The van der Waals surface area contributed by atoms with Crippen molar-refractivity contribution in [2.24, 2.45) is 0 Å². The summed E-state index contributed by atoms with van der Waals surface area (Å²) in [4.78, 5) is 0. The van der Waals surface area contributed by atoms with Gasteiger partial charge in [0, 0.05) is 13.1 Å². The van der Waals surface area contributed by atoms with Crippen molar-refractivity contribution in [3.63, 3.8) is 0 Å². The third-order valence-electron chi connectivity index (χ3n) is 2.49. The molecule has 0 amide bonds.